The van der Waals surface area contributed by atoms with Crippen LogP contribution in [0.15, 0.2) is 5.29 Å². The van der Waals surface area contributed by atoms with E-state index in [1.54, 1.807) is 0 Å². The highest BCUT2D eigenvalue weighted by Gasteiger charge is 2.02. The fourth-order valence-electron chi connectivity index (χ4n) is 0.528. The molecule has 5 heteroatoms. The molecule has 0 heterocycles. The van der Waals surface area contributed by atoms with Crippen molar-refractivity contribution in [3.05, 3.63) is 4.91 Å². The normalized spacial score (nSPS) is 12.8. The number of hydrogen-bond donors (Lipinski definition) is 0. The summed E-state index contributed by atoms with van der Waals surface area (Å²) in [7, 11) is 0. The lowest BCUT2D eigenvalue weighted by Crippen LogP contribution is -2.22. The Balaban J connectivity index is 4.31. The van der Waals surface area contributed by atoms with E-state index in [1.165, 1.54) is 0 Å². The molecule has 0 saturated heterocycles. The zero-order valence-corrected chi connectivity index (χ0v) is 7.24. The minimum Gasteiger partial charge on any atom is -0.443 e. The maximum Gasteiger partial charge on any atom is 0.304 e. The van der Waals surface area contributed by atoms with E-state index in [1.807, 2.05) is 6.92 Å². The Morgan fingerprint density at radius 2 is 2.42 bits per heavy atom. The van der Waals surface area contributed by atoms with E-state index in [4.69, 9.17) is 2.74 Å². The molecule has 0 fully saturated rings. The van der Waals surface area contributed by atoms with E-state index in [2.05, 4.69) is 10.0 Å². The van der Waals surface area contributed by atoms with Gasteiger partial charge in [-0.15, -0.1) is 4.91 Å². The van der Waals surface area contributed by atoms with Gasteiger partial charge in [0, 0.05) is 13.5 Å². The standard InChI is InChI=1S/C7H14N2O3/c1-3-4-5-9(8-11)6-12-7(2)10/h3-6H2,1-2H3/i6D2. The van der Waals surface area contributed by atoms with Crippen LogP contribution in [0.4, 0.5) is 0 Å². The number of unbranched alkanes of at least 4 members (excludes halogenated alkanes) is 1. The van der Waals surface area contributed by atoms with Crippen molar-refractivity contribution in [3.8, 4) is 0 Å². The highest BCUT2D eigenvalue weighted by Crippen LogP contribution is 1.95. The minimum absolute atomic E-state index is 0.125. The molecule has 0 aromatic heterocycles. The van der Waals surface area contributed by atoms with E-state index >= 15 is 0 Å². The molecule has 0 unspecified atom stereocenters. The summed E-state index contributed by atoms with van der Waals surface area (Å²) in [6, 6.07) is 0. The molecular formula is C7H14N2O3. The summed E-state index contributed by atoms with van der Waals surface area (Å²) in [5.74, 6) is -0.792. The fraction of sp³-hybridized carbons (Fsp3) is 0.857. The van der Waals surface area contributed by atoms with Gasteiger partial charge < -0.3 is 4.74 Å². The molecule has 0 spiro atoms. The van der Waals surface area contributed by atoms with E-state index in [0.717, 1.165) is 13.3 Å². The maximum atomic E-state index is 10.5. The molecule has 0 aromatic carbocycles. The Hall–Kier alpha value is -1.13. The lowest BCUT2D eigenvalue weighted by Gasteiger charge is -2.13. The fourth-order valence-corrected chi connectivity index (χ4v) is 0.528. The quantitative estimate of drug-likeness (QED) is 0.265. The largest absolute Gasteiger partial charge is 0.443 e. The molecule has 0 rings (SSSR count). The summed E-state index contributed by atoms with van der Waals surface area (Å²) in [6.45, 7) is 0.633. The van der Waals surface area contributed by atoms with Gasteiger partial charge in [-0.3, -0.25) is 4.79 Å². The minimum atomic E-state index is -2.46. The second-order valence-electron chi connectivity index (χ2n) is 2.24. The van der Waals surface area contributed by atoms with Crippen LogP contribution in [0, 0.1) is 4.91 Å². The molecular weight excluding hydrogens is 160 g/mol. The molecule has 0 aliphatic heterocycles. The molecule has 0 bridgehead atoms. The van der Waals surface area contributed by atoms with Crippen molar-refractivity contribution in [1.82, 2.24) is 5.01 Å². The third-order valence-corrected chi connectivity index (χ3v) is 1.12. The number of hydrogen-bond acceptors (Lipinski definition) is 4. The van der Waals surface area contributed by atoms with Crippen LogP contribution in [0.3, 0.4) is 0 Å². The van der Waals surface area contributed by atoms with Gasteiger partial charge in [-0.05, 0) is 6.42 Å². The monoisotopic (exact) mass is 176 g/mol. The predicted octanol–water partition coefficient (Wildman–Crippen LogP) is 1.29. The first-order valence-electron chi connectivity index (χ1n) is 4.74. The molecule has 0 saturated carbocycles. The third-order valence-electron chi connectivity index (χ3n) is 1.12. The zero-order chi connectivity index (χ0) is 11.2. The van der Waals surface area contributed by atoms with Crippen molar-refractivity contribution in [3.63, 3.8) is 0 Å². The lowest BCUT2D eigenvalue weighted by atomic mass is 10.3. The number of nitrogens with zero attached hydrogens (tertiary/aromatic N) is 2. The van der Waals surface area contributed by atoms with Crippen LogP contribution in [0.5, 0.6) is 0 Å². The second kappa shape index (κ2) is 6.57. The second-order valence-corrected chi connectivity index (χ2v) is 2.24. The van der Waals surface area contributed by atoms with Gasteiger partial charge in [-0.25, -0.2) is 5.01 Å². The van der Waals surface area contributed by atoms with Crippen LogP contribution >= 0.6 is 0 Å². The van der Waals surface area contributed by atoms with Gasteiger partial charge in [0.1, 0.15) is 0 Å². The SMILES string of the molecule is [2H]C([2H])(OC(C)=O)N(CCCC)N=O. The summed E-state index contributed by atoms with van der Waals surface area (Å²) in [5.41, 5.74) is 0. The zero-order valence-electron chi connectivity index (χ0n) is 9.24. The molecule has 0 N–H and O–H groups in total. The van der Waals surface area contributed by atoms with Gasteiger partial charge >= 0.3 is 5.97 Å². The summed E-state index contributed by atoms with van der Waals surface area (Å²) >= 11 is 0. The van der Waals surface area contributed by atoms with Crippen molar-refractivity contribution in [1.29, 1.82) is 0 Å². The van der Waals surface area contributed by atoms with Crippen molar-refractivity contribution in [2.24, 2.45) is 5.29 Å². The molecule has 0 aliphatic carbocycles. The predicted molar refractivity (Wildman–Crippen MR) is 44.0 cm³/mol. The number of nitroso groups, excluding NO2 is 1. The van der Waals surface area contributed by atoms with Crippen LogP contribution in [0.1, 0.15) is 29.4 Å². The summed E-state index contributed by atoms with van der Waals surface area (Å²) in [4.78, 5) is 20.8. The first-order valence-corrected chi connectivity index (χ1v) is 3.74. The van der Waals surface area contributed by atoms with Crippen LogP contribution < -0.4 is 0 Å². The summed E-state index contributed by atoms with van der Waals surface area (Å²) in [6.07, 6.45) is 1.40. The highest BCUT2D eigenvalue weighted by atomic mass is 16.5. The van der Waals surface area contributed by atoms with Crippen LogP contribution in [0.25, 0.3) is 0 Å². The van der Waals surface area contributed by atoms with Gasteiger partial charge in [0.25, 0.3) is 0 Å². The molecule has 70 valence electrons. The van der Waals surface area contributed by atoms with Crippen molar-refractivity contribution in [2.45, 2.75) is 26.7 Å². The smallest absolute Gasteiger partial charge is 0.304 e. The molecule has 0 radical (unpaired) electrons. The van der Waals surface area contributed by atoms with Gasteiger partial charge in [0.2, 0.25) is 0 Å². The molecule has 0 aliphatic rings. The van der Waals surface area contributed by atoms with Gasteiger partial charge in [-0.1, -0.05) is 13.3 Å². The Morgan fingerprint density at radius 3 is 2.83 bits per heavy atom. The number of carbonyl (C=O) groups excluding carboxylic acids is 1. The van der Waals surface area contributed by atoms with Crippen molar-refractivity contribution >= 4 is 5.97 Å². The Bertz CT molecular complexity index is 211. The first-order chi connectivity index (χ1) is 6.44. The van der Waals surface area contributed by atoms with E-state index in [9.17, 15) is 9.70 Å². The molecule has 0 atom stereocenters. The van der Waals surface area contributed by atoms with Gasteiger partial charge in [0.05, 0.1) is 8.03 Å². The summed E-state index contributed by atoms with van der Waals surface area (Å²) < 4.78 is 18.8. The maximum absolute atomic E-state index is 10.5. The summed E-state index contributed by atoms with van der Waals surface area (Å²) in [5, 5.41) is 3.06. The Labute approximate surface area is 74.4 Å². The van der Waals surface area contributed by atoms with E-state index in [0.29, 0.717) is 11.4 Å². The highest BCUT2D eigenvalue weighted by molar-refractivity contribution is 5.65. The average molecular weight is 176 g/mol. The number of esters is 1. The van der Waals surface area contributed by atoms with Crippen LogP contribution in [-0.4, -0.2) is 24.2 Å². The van der Waals surface area contributed by atoms with E-state index in [-0.39, 0.29) is 6.54 Å². The lowest BCUT2D eigenvalue weighted by molar-refractivity contribution is -0.145. The third kappa shape index (κ3) is 5.64. The Morgan fingerprint density at radius 1 is 1.75 bits per heavy atom. The van der Waals surface area contributed by atoms with Crippen LogP contribution in [-0.2, 0) is 9.53 Å². The average Bonchev–Trinajstić information content (AvgIpc) is 2.02. The number of rotatable bonds is 6. The van der Waals surface area contributed by atoms with Gasteiger partial charge in [0.15, 0.2) is 6.68 Å². The molecule has 5 nitrogen and oxygen atoms in total. The topological polar surface area (TPSA) is 59.0 Å². The number of ether oxygens (including phenoxy) is 1. The molecule has 0 aromatic rings. The molecule has 0 amide bonds. The molecule has 12 heavy (non-hydrogen) atoms. The van der Waals surface area contributed by atoms with Crippen molar-refractivity contribution in [2.75, 3.05) is 13.2 Å². The first kappa shape index (κ1) is 7.52. The van der Waals surface area contributed by atoms with Crippen molar-refractivity contribution < 1.29 is 12.3 Å². The van der Waals surface area contributed by atoms with Gasteiger partial charge in [-0.2, -0.15) is 0 Å². The van der Waals surface area contributed by atoms with E-state index < -0.39 is 12.7 Å². The number of carbonyl (C=O) groups is 1. The Kier molecular flexibility index (Phi) is 4.12. The van der Waals surface area contributed by atoms with Crippen LogP contribution in [0.2, 0.25) is 0 Å².